The maximum absolute atomic E-state index is 12.5. The molecule has 0 bridgehead atoms. The summed E-state index contributed by atoms with van der Waals surface area (Å²) in [5, 5.41) is 16.9. The summed E-state index contributed by atoms with van der Waals surface area (Å²) in [4.78, 5) is 128. The highest BCUT2D eigenvalue weighted by Crippen LogP contribution is 2.32. The number of allylic oxidation sites excluding steroid dienone is 2. The molecule has 7 amide bonds. The average molecular weight is 1760 g/mol. The zero-order valence-electron chi connectivity index (χ0n) is 81.2. The van der Waals surface area contributed by atoms with Gasteiger partial charge in [-0.15, -0.1) is 11.7 Å². The molecule has 4 aliphatic heterocycles. The van der Waals surface area contributed by atoms with E-state index in [4.69, 9.17) is 0 Å². The van der Waals surface area contributed by atoms with Crippen LogP contribution in [0.3, 0.4) is 0 Å². The summed E-state index contributed by atoms with van der Waals surface area (Å²) in [5.74, 6) is 3.63. The number of para-hydroxylation sites is 1. The molecule has 0 aliphatic carbocycles. The lowest BCUT2D eigenvalue weighted by Gasteiger charge is -2.26. The second-order valence-electron chi connectivity index (χ2n) is 37.8. The molecule has 690 valence electrons. The van der Waals surface area contributed by atoms with Gasteiger partial charge in [-0.05, 0) is 212 Å². The summed E-state index contributed by atoms with van der Waals surface area (Å²) in [6.07, 6.45) is 12.4. The molecule has 11 aromatic rings. The normalized spacial score (nSPS) is 13.3. The molecule has 1 fully saturated rings. The van der Waals surface area contributed by atoms with Crippen LogP contribution in [0.1, 0.15) is 231 Å². The molecule has 0 unspecified atom stereocenters. The molecule has 15 rings (SSSR count). The van der Waals surface area contributed by atoms with Crippen molar-refractivity contribution >= 4 is 84.7 Å². The van der Waals surface area contributed by atoms with Crippen LogP contribution in [0.2, 0.25) is 0 Å². The van der Waals surface area contributed by atoms with E-state index < -0.39 is 0 Å². The number of piperidine rings is 1. The highest BCUT2D eigenvalue weighted by Gasteiger charge is 2.38. The molecule has 130 heavy (non-hydrogen) atoms. The van der Waals surface area contributed by atoms with Crippen molar-refractivity contribution in [3.8, 4) is 0 Å². The first kappa shape index (κ1) is 105. The highest BCUT2D eigenvalue weighted by molar-refractivity contribution is 6.26. The molecule has 21 heteroatoms. The van der Waals surface area contributed by atoms with E-state index in [2.05, 4.69) is 161 Å². The van der Waals surface area contributed by atoms with Gasteiger partial charge in [-0.25, -0.2) is 14.3 Å². The Balaban J connectivity index is 0.000000201. The number of nitrogens with zero attached hydrogens (tertiary/aromatic N) is 11. The van der Waals surface area contributed by atoms with Crippen molar-refractivity contribution in [2.24, 2.45) is 53.3 Å². The van der Waals surface area contributed by atoms with Crippen molar-refractivity contribution in [2.75, 3.05) is 26.2 Å². The molecule has 0 saturated carbocycles. The lowest BCUT2D eigenvalue weighted by Crippen LogP contribution is -2.42. The molecular formula is C109H139N11O10. The predicted octanol–water partition coefficient (Wildman–Crippen LogP) is 21.4. The van der Waals surface area contributed by atoms with E-state index >= 15 is 0 Å². The molecule has 0 spiro atoms. The minimum Gasteiger partial charge on any atom is -0.309 e. The van der Waals surface area contributed by atoms with Gasteiger partial charge in [0.2, 0.25) is 11.8 Å². The van der Waals surface area contributed by atoms with Crippen molar-refractivity contribution in [1.29, 1.82) is 0 Å². The van der Waals surface area contributed by atoms with Gasteiger partial charge in [0.1, 0.15) is 5.52 Å². The van der Waals surface area contributed by atoms with Gasteiger partial charge >= 0.3 is 0 Å². The number of hydrogen-bond acceptors (Lipinski definition) is 14. The standard InChI is InChI=1S/C16H15NO2.C15H22.2C12H14N2O.C12H13NO2.C12H18.C11H13N3O.C10H15NO.C9H15NO2/c1-10(2)9-17-15(18)13-8-7-11-5-3-4-6-12(11)14(13)16(17)19;1-6-7-14-9-12(4)15(8-11(2)3)13(5)10-14;1-9(2)8-14-12(15)11-6-4-3-5-10(11)7-13-14;1-9(2)7-14-8-13-11-6-4-3-5-10(11)12(14)15;1-8(2)7-13-11(14)9-5-3-4-6-10(9)12(13)15;1-9(2)7-12-6-5-10(3)8-11(12)4;1-8(2)7-14-11(15)9-5-3-4-6-10(9)12-13-14;1-7(2)6-11-9(4)5-8(3)10(11)12;1-7(2)6-10-8(11)4-3-5-9(10)12/h3-8,10H,9H2,1-2H3;6,9-11H,1,7-8H2,2-5H3;3-7,9H,8H2,1-2H3;3-6,8-9H,7H2,1-2H3;3-6,8H,7H2,1-2H3;5-6,8-9H,7H2,1-4H3;3-6,8H,7H2,1-2H3;5,7H,4,6H2,1-3H3;7H,3-6H2,1-2H3. The van der Waals surface area contributed by atoms with Gasteiger partial charge in [0.25, 0.3) is 46.2 Å². The summed E-state index contributed by atoms with van der Waals surface area (Å²) in [6, 6.07) is 51.9. The maximum Gasteiger partial charge on any atom is 0.277 e. The van der Waals surface area contributed by atoms with Crippen molar-refractivity contribution in [3.05, 3.63) is 305 Å². The van der Waals surface area contributed by atoms with Crippen LogP contribution in [0, 0.1) is 81.0 Å². The third-order valence-electron chi connectivity index (χ3n) is 21.3. The van der Waals surface area contributed by atoms with Crippen LogP contribution in [-0.2, 0) is 53.3 Å². The van der Waals surface area contributed by atoms with Crippen molar-refractivity contribution < 1.29 is 33.6 Å². The number of imide groups is 3. The van der Waals surface area contributed by atoms with Crippen LogP contribution < -0.4 is 16.7 Å². The van der Waals surface area contributed by atoms with Crippen molar-refractivity contribution in [1.82, 2.24) is 53.9 Å². The van der Waals surface area contributed by atoms with Gasteiger partial charge < -0.3 is 4.90 Å². The Morgan fingerprint density at radius 1 is 0.392 bits per heavy atom. The number of hydrogen-bond donors (Lipinski definition) is 0. The third kappa shape index (κ3) is 30.0. The molecule has 8 aromatic carbocycles. The predicted molar refractivity (Wildman–Crippen MR) is 529 cm³/mol. The van der Waals surface area contributed by atoms with Gasteiger partial charge in [0, 0.05) is 75.3 Å². The van der Waals surface area contributed by atoms with Gasteiger partial charge in [0.05, 0.1) is 56.5 Å². The summed E-state index contributed by atoms with van der Waals surface area (Å²) in [6.45, 7) is 60.2. The molecular weight excluding hydrogens is 1620 g/mol. The van der Waals surface area contributed by atoms with Crippen molar-refractivity contribution in [3.63, 3.8) is 0 Å². The first-order chi connectivity index (χ1) is 61.5. The molecule has 0 N–H and O–H groups in total. The number of carbonyl (C=O) groups is 7. The fourth-order valence-corrected chi connectivity index (χ4v) is 15.4. The van der Waals surface area contributed by atoms with Gasteiger partial charge in [-0.3, -0.25) is 67.2 Å². The Morgan fingerprint density at radius 2 is 0.846 bits per heavy atom. The highest BCUT2D eigenvalue weighted by atomic mass is 16.2. The Labute approximate surface area is 769 Å². The topological polar surface area (TPSA) is 250 Å². The van der Waals surface area contributed by atoms with Gasteiger partial charge in [-0.2, -0.15) is 5.10 Å². The molecule has 0 atom stereocenters. The maximum atomic E-state index is 12.5. The molecule has 7 heterocycles. The molecule has 0 radical (unpaired) electrons. The van der Waals surface area contributed by atoms with E-state index in [1.165, 1.54) is 75.8 Å². The van der Waals surface area contributed by atoms with E-state index in [0.717, 1.165) is 76.1 Å². The van der Waals surface area contributed by atoms with E-state index in [9.17, 15) is 47.9 Å². The number of aryl methyl sites for hydroxylation is 4. The van der Waals surface area contributed by atoms with E-state index in [1.54, 1.807) is 64.5 Å². The number of fused-ring (bicyclic) bond motifs is 7. The van der Waals surface area contributed by atoms with Crippen LogP contribution in [-0.4, -0.2) is 121 Å². The van der Waals surface area contributed by atoms with E-state index in [-0.39, 0.29) is 63.9 Å². The largest absolute Gasteiger partial charge is 0.309 e. The smallest absolute Gasteiger partial charge is 0.277 e. The Bertz CT molecular complexity index is 5700. The van der Waals surface area contributed by atoms with Crippen LogP contribution in [0.25, 0.3) is 43.4 Å². The minimum atomic E-state index is -0.167. The first-order valence-corrected chi connectivity index (χ1v) is 45.8. The second kappa shape index (κ2) is 49.9. The first-order valence-electron chi connectivity index (χ1n) is 45.8. The lowest BCUT2D eigenvalue weighted by atomic mass is 9.92. The van der Waals surface area contributed by atoms with Crippen LogP contribution in [0.15, 0.2) is 227 Å². The average Bonchev–Trinajstić information content (AvgIpc) is 1.62. The van der Waals surface area contributed by atoms with Crippen molar-refractivity contribution in [2.45, 2.75) is 217 Å². The van der Waals surface area contributed by atoms with Crippen LogP contribution in [0.4, 0.5) is 0 Å². The minimum absolute atomic E-state index is 0.0000463. The van der Waals surface area contributed by atoms with E-state index in [0.29, 0.717) is 120 Å². The molecule has 1 saturated heterocycles. The lowest BCUT2D eigenvalue weighted by molar-refractivity contribution is -0.148. The summed E-state index contributed by atoms with van der Waals surface area (Å²) in [7, 11) is 0. The summed E-state index contributed by atoms with van der Waals surface area (Å²) in [5.41, 5.74) is 15.2. The number of aromatic nitrogens is 7. The SMILES string of the molecule is C=C1C=C(C)C(=O)N1CC(C)C.C=CCc1cc(C)c(CC(C)C)c(C)c1.CC(C)CN1C(=O)CCCC1=O.CC(C)CN1C(=O)c2ccc3ccccc3c2C1=O.CC(C)CN1C(=O)c2ccccc2C1=O.CC(C)Cn1cnc2ccccc2c1=O.CC(C)Cn1ncc2ccccc2c1=O.CC(C)Cn1nnc2ccccc2c1=O.Cc1ccc(CC(C)C)c(C)c1. The molecule has 4 aliphatic rings. The van der Waals surface area contributed by atoms with E-state index in [1.807, 2.05) is 165 Å². The summed E-state index contributed by atoms with van der Waals surface area (Å²) >= 11 is 0. The number of likely N-dealkylation sites (tertiary alicyclic amines) is 1. The fraction of sp³-hybridized carbons (Fsp3) is 0.413. The van der Waals surface area contributed by atoms with Gasteiger partial charge in [-0.1, -0.05) is 263 Å². The van der Waals surface area contributed by atoms with Gasteiger partial charge in [0.15, 0.2) is 0 Å². The summed E-state index contributed by atoms with van der Waals surface area (Å²) < 4.78 is 4.63. The Morgan fingerprint density at radius 3 is 1.36 bits per heavy atom. The second-order valence-corrected chi connectivity index (χ2v) is 37.8. The fourth-order valence-electron chi connectivity index (χ4n) is 15.4. The molecule has 21 nitrogen and oxygen atoms in total. The monoisotopic (exact) mass is 1760 g/mol. The zero-order valence-corrected chi connectivity index (χ0v) is 81.2. The third-order valence-corrected chi connectivity index (χ3v) is 21.3. The number of benzene rings is 8. The number of carbonyl (C=O) groups excluding carboxylic acids is 7. The number of rotatable bonds is 20. The quantitative estimate of drug-likeness (QED) is 0.0508. The van der Waals surface area contributed by atoms with Crippen LogP contribution in [0.5, 0.6) is 0 Å². The Hall–Kier alpha value is -12.5. The zero-order chi connectivity index (χ0) is 96.1. The molecule has 3 aromatic heterocycles. The Kier molecular flexibility index (Phi) is 40.1. The van der Waals surface area contributed by atoms with Crippen LogP contribution >= 0.6 is 0 Å². The number of amides is 7.